The highest BCUT2D eigenvalue weighted by atomic mass is 19.3. The molecule has 0 fully saturated rings. The number of benzene rings is 1. The molecule has 18 heavy (non-hydrogen) atoms. The number of ether oxygens (including phenoxy) is 1. The van der Waals surface area contributed by atoms with Crippen LogP contribution in [-0.2, 0) is 17.9 Å². The zero-order valence-corrected chi connectivity index (χ0v) is 10.1. The van der Waals surface area contributed by atoms with Gasteiger partial charge in [0, 0.05) is 12.4 Å². The molecular formula is C13H14F2N2O. The first-order chi connectivity index (χ1) is 8.56. The van der Waals surface area contributed by atoms with Crippen molar-refractivity contribution in [2.75, 3.05) is 6.61 Å². The van der Waals surface area contributed by atoms with Gasteiger partial charge in [0.2, 0.25) is 0 Å². The maximum absolute atomic E-state index is 13.9. The van der Waals surface area contributed by atoms with Gasteiger partial charge in [-0.15, -0.1) is 6.58 Å². The lowest BCUT2D eigenvalue weighted by molar-refractivity contribution is -0.249. The number of rotatable bonds is 5. The Morgan fingerprint density at radius 2 is 2.17 bits per heavy atom. The average Bonchev–Trinajstić information content (AvgIpc) is 2.69. The number of halogens is 2. The van der Waals surface area contributed by atoms with Gasteiger partial charge in [-0.3, -0.25) is 4.68 Å². The molecule has 5 heteroatoms. The minimum atomic E-state index is -3.39. The second kappa shape index (κ2) is 4.86. The van der Waals surface area contributed by atoms with Crippen molar-refractivity contribution in [1.82, 2.24) is 9.78 Å². The molecule has 2 aromatic rings. The molecule has 1 heterocycles. The fraction of sp³-hybridized carbons (Fsp3) is 0.308. The Kier molecular flexibility index (Phi) is 3.43. The predicted molar refractivity (Wildman–Crippen MR) is 65.4 cm³/mol. The molecule has 0 amide bonds. The van der Waals surface area contributed by atoms with Crippen LogP contribution in [0.4, 0.5) is 8.78 Å². The van der Waals surface area contributed by atoms with Gasteiger partial charge in [0.25, 0.3) is 0 Å². The minimum absolute atomic E-state index is 0.0819. The second-order valence-corrected chi connectivity index (χ2v) is 3.93. The highest BCUT2D eigenvalue weighted by molar-refractivity contribution is 5.82. The Bertz CT molecular complexity index is 563. The van der Waals surface area contributed by atoms with Crippen LogP contribution in [0, 0.1) is 0 Å². The number of nitrogens with zero attached hydrogens (tertiary/aromatic N) is 2. The van der Waals surface area contributed by atoms with Crippen LogP contribution in [0.3, 0.4) is 0 Å². The predicted octanol–water partition coefficient (Wildman–Crippen LogP) is 3.22. The van der Waals surface area contributed by atoms with Crippen LogP contribution in [-0.4, -0.2) is 16.4 Å². The quantitative estimate of drug-likeness (QED) is 0.603. The van der Waals surface area contributed by atoms with Crippen molar-refractivity contribution < 1.29 is 13.5 Å². The molecule has 3 nitrogen and oxygen atoms in total. The first-order valence-corrected chi connectivity index (χ1v) is 5.61. The summed E-state index contributed by atoms with van der Waals surface area (Å²) in [6.07, 6.45) is -1.48. The fourth-order valence-electron chi connectivity index (χ4n) is 1.77. The first-order valence-electron chi connectivity index (χ1n) is 5.61. The number of hydrogen-bond acceptors (Lipinski definition) is 2. The van der Waals surface area contributed by atoms with E-state index in [2.05, 4.69) is 16.4 Å². The molecule has 2 rings (SSSR count). The third-order valence-electron chi connectivity index (χ3n) is 2.64. The molecular weight excluding hydrogens is 238 g/mol. The molecule has 0 saturated carbocycles. The van der Waals surface area contributed by atoms with Crippen LogP contribution in [0.5, 0.6) is 0 Å². The standard InChI is InChI=1S/C13H14F2N2O/c1-3-4-9-18-13(14,15)12-10-7-5-6-8-11(10)17(2)16-12/h3,5-8H,1,4,9H2,2H3. The van der Waals surface area contributed by atoms with E-state index in [1.165, 1.54) is 10.8 Å². The zero-order valence-electron chi connectivity index (χ0n) is 10.1. The monoisotopic (exact) mass is 252 g/mol. The third kappa shape index (κ3) is 2.26. The Hall–Kier alpha value is -1.75. The minimum Gasteiger partial charge on any atom is -0.315 e. The van der Waals surface area contributed by atoms with Gasteiger partial charge >= 0.3 is 6.11 Å². The highest BCUT2D eigenvalue weighted by Gasteiger charge is 2.37. The lowest BCUT2D eigenvalue weighted by atomic mass is 10.2. The van der Waals surface area contributed by atoms with Crippen molar-refractivity contribution in [3.8, 4) is 0 Å². The molecule has 0 aliphatic carbocycles. The first kappa shape index (κ1) is 12.7. The number of hydrogen-bond donors (Lipinski definition) is 0. The number of aryl methyl sites for hydroxylation is 1. The summed E-state index contributed by atoms with van der Waals surface area (Å²) in [5.41, 5.74) is 0.309. The Labute approximate surface area is 104 Å². The number of alkyl halides is 2. The van der Waals surface area contributed by atoms with Crippen LogP contribution >= 0.6 is 0 Å². The molecule has 96 valence electrons. The van der Waals surface area contributed by atoms with Crippen molar-refractivity contribution in [1.29, 1.82) is 0 Å². The van der Waals surface area contributed by atoms with Crippen LogP contribution in [0.25, 0.3) is 10.9 Å². The summed E-state index contributed by atoms with van der Waals surface area (Å²) < 4.78 is 33.8. The number of aromatic nitrogens is 2. The van der Waals surface area contributed by atoms with Crippen LogP contribution < -0.4 is 0 Å². The van der Waals surface area contributed by atoms with Gasteiger partial charge < -0.3 is 4.74 Å². The largest absolute Gasteiger partial charge is 0.402 e. The molecule has 0 spiro atoms. The summed E-state index contributed by atoms with van der Waals surface area (Å²) in [5, 5.41) is 4.26. The van der Waals surface area contributed by atoms with E-state index in [-0.39, 0.29) is 12.3 Å². The molecule has 0 aliphatic heterocycles. The van der Waals surface area contributed by atoms with Gasteiger partial charge in [-0.05, 0) is 12.5 Å². The summed E-state index contributed by atoms with van der Waals surface area (Å²) in [6.45, 7) is 3.38. The molecule has 1 aromatic carbocycles. The maximum atomic E-state index is 13.9. The topological polar surface area (TPSA) is 27.1 Å². The third-order valence-corrected chi connectivity index (χ3v) is 2.64. The van der Waals surface area contributed by atoms with Crippen molar-refractivity contribution in [2.45, 2.75) is 12.5 Å². The number of para-hydroxylation sites is 1. The lowest BCUT2D eigenvalue weighted by Crippen LogP contribution is -2.20. The van der Waals surface area contributed by atoms with E-state index in [0.29, 0.717) is 17.3 Å². The van der Waals surface area contributed by atoms with Crippen molar-refractivity contribution in [3.05, 3.63) is 42.6 Å². The smallest absolute Gasteiger partial charge is 0.315 e. The average molecular weight is 252 g/mol. The normalized spacial score (nSPS) is 11.9. The van der Waals surface area contributed by atoms with E-state index in [1.54, 1.807) is 31.3 Å². The Balaban J connectivity index is 2.37. The Morgan fingerprint density at radius 1 is 1.44 bits per heavy atom. The molecule has 0 saturated heterocycles. The SMILES string of the molecule is C=CCCOC(F)(F)c1nn(C)c2ccccc12. The van der Waals surface area contributed by atoms with E-state index in [4.69, 9.17) is 0 Å². The van der Waals surface area contributed by atoms with E-state index in [9.17, 15) is 8.78 Å². The molecule has 0 atom stereocenters. The zero-order chi connectivity index (χ0) is 13.2. The number of fused-ring (bicyclic) bond motifs is 1. The van der Waals surface area contributed by atoms with Gasteiger partial charge in [-0.25, -0.2) is 0 Å². The van der Waals surface area contributed by atoms with E-state index in [0.717, 1.165) is 0 Å². The highest BCUT2D eigenvalue weighted by Crippen LogP contribution is 2.33. The summed E-state index contributed by atoms with van der Waals surface area (Å²) in [5.74, 6) is 0. The molecule has 0 aliphatic rings. The van der Waals surface area contributed by atoms with Crippen molar-refractivity contribution >= 4 is 10.9 Å². The summed E-state index contributed by atoms with van der Waals surface area (Å²) in [6, 6.07) is 6.84. The summed E-state index contributed by atoms with van der Waals surface area (Å²) >= 11 is 0. The second-order valence-electron chi connectivity index (χ2n) is 3.93. The van der Waals surface area contributed by atoms with Crippen molar-refractivity contribution in [2.24, 2.45) is 7.05 Å². The Morgan fingerprint density at radius 3 is 2.89 bits per heavy atom. The van der Waals surface area contributed by atoms with Crippen LogP contribution in [0.1, 0.15) is 12.1 Å². The molecule has 1 aromatic heterocycles. The van der Waals surface area contributed by atoms with E-state index >= 15 is 0 Å². The fourth-order valence-corrected chi connectivity index (χ4v) is 1.77. The molecule has 0 radical (unpaired) electrons. The van der Waals surface area contributed by atoms with Gasteiger partial charge in [0.15, 0.2) is 5.69 Å². The van der Waals surface area contributed by atoms with Gasteiger partial charge in [0.1, 0.15) is 0 Å². The van der Waals surface area contributed by atoms with Gasteiger partial charge in [-0.1, -0.05) is 24.3 Å². The van der Waals surface area contributed by atoms with E-state index < -0.39 is 6.11 Å². The molecule has 0 bridgehead atoms. The van der Waals surface area contributed by atoms with E-state index in [1.807, 2.05) is 0 Å². The lowest BCUT2D eigenvalue weighted by Gasteiger charge is -2.14. The van der Waals surface area contributed by atoms with Gasteiger partial charge in [0.05, 0.1) is 12.1 Å². The molecule has 0 N–H and O–H groups in total. The van der Waals surface area contributed by atoms with Crippen LogP contribution in [0.15, 0.2) is 36.9 Å². The maximum Gasteiger partial charge on any atom is 0.402 e. The van der Waals surface area contributed by atoms with Crippen LogP contribution in [0.2, 0.25) is 0 Å². The van der Waals surface area contributed by atoms with Gasteiger partial charge in [-0.2, -0.15) is 13.9 Å². The molecule has 0 unspecified atom stereocenters. The van der Waals surface area contributed by atoms with Crippen molar-refractivity contribution in [3.63, 3.8) is 0 Å². The summed E-state index contributed by atoms with van der Waals surface area (Å²) in [4.78, 5) is 0. The summed E-state index contributed by atoms with van der Waals surface area (Å²) in [7, 11) is 1.63.